The molecule has 0 spiro atoms. The molecule has 4 rings (SSSR count). The second kappa shape index (κ2) is 9.15. The van der Waals surface area contributed by atoms with Gasteiger partial charge in [0.1, 0.15) is 23.4 Å². The Kier molecular flexibility index (Phi) is 6.13. The molecule has 1 saturated heterocycles. The van der Waals surface area contributed by atoms with Crippen molar-refractivity contribution in [2.45, 2.75) is 6.04 Å². The third kappa shape index (κ3) is 4.45. The normalized spacial score (nSPS) is 14.8. The number of imidazole rings is 1. The van der Waals surface area contributed by atoms with Gasteiger partial charge in [0.25, 0.3) is 11.6 Å². The van der Waals surface area contributed by atoms with E-state index in [4.69, 9.17) is 4.74 Å². The van der Waals surface area contributed by atoms with Crippen LogP contribution in [-0.4, -0.2) is 46.7 Å². The fraction of sp³-hybridized carbons (Fsp3) is 0.273. The predicted octanol–water partition coefficient (Wildman–Crippen LogP) is 2.82. The highest BCUT2D eigenvalue weighted by atomic mass is 19.1. The number of ether oxygens (including phenoxy) is 1. The lowest BCUT2D eigenvalue weighted by atomic mass is 10.0. The number of aromatic nitrogens is 2. The van der Waals surface area contributed by atoms with Crippen LogP contribution in [0.4, 0.5) is 15.8 Å². The van der Waals surface area contributed by atoms with Gasteiger partial charge in [0.15, 0.2) is 0 Å². The first-order chi connectivity index (χ1) is 15.4. The fourth-order valence-corrected chi connectivity index (χ4v) is 3.74. The number of aryl methyl sites for hydroxylation is 1. The van der Waals surface area contributed by atoms with Gasteiger partial charge in [0.05, 0.1) is 18.1 Å². The van der Waals surface area contributed by atoms with Crippen LogP contribution in [0.3, 0.4) is 0 Å². The molecule has 10 heteroatoms. The van der Waals surface area contributed by atoms with Gasteiger partial charge in [-0.05, 0) is 29.8 Å². The molecule has 32 heavy (non-hydrogen) atoms. The van der Waals surface area contributed by atoms with Gasteiger partial charge in [0.2, 0.25) is 0 Å². The van der Waals surface area contributed by atoms with Gasteiger partial charge in [0, 0.05) is 44.2 Å². The van der Waals surface area contributed by atoms with Crippen molar-refractivity contribution in [3.8, 4) is 0 Å². The molecule has 2 aromatic carbocycles. The number of hydrogen-bond acceptors (Lipinski definition) is 6. The molecule has 3 aromatic rings. The number of carbonyl (C=O) groups excluding carboxylic acids is 1. The first kappa shape index (κ1) is 21.4. The standard InChI is InChI=1S/C22H22FN5O4/c1-26-8-7-24-21(26)20(15-3-2-4-17(23)13-15)25-22(29)16-5-6-18(19(14-16)28(30)31)27-9-11-32-12-10-27/h2-8,13-14,20H,9-12H2,1H3,(H,25,29). The lowest BCUT2D eigenvalue weighted by Gasteiger charge is -2.28. The minimum absolute atomic E-state index is 0.129. The van der Waals surface area contributed by atoms with Crippen molar-refractivity contribution in [2.24, 2.45) is 7.05 Å². The summed E-state index contributed by atoms with van der Waals surface area (Å²) < 4.78 is 20.9. The number of halogens is 1. The van der Waals surface area contributed by atoms with E-state index in [1.165, 1.54) is 18.2 Å². The van der Waals surface area contributed by atoms with Crippen LogP contribution in [0.1, 0.15) is 27.8 Å². The molecular weight excluding hydrogens is 417 g/mol. The van der Waals surface area contributed by atoms with Crippen LogP contribution < -0.4 is 10.2 Å². The number of amides is 1. The highest BCUT2D eigenvalue weighted by Gasteiger charge is 2.26. The van der Waals surface area contributed by atoms with Crippen molar-refractivity contribution >= 4 is 17.3 Å². The number of hydrogen-bond donors (Lipinski definition) is 1. The van der Waals surface area contributed by atoms with Crippen molar-refractivity contribution < 1.29 is 18.8 Å². The van der Waals surface area contributed by atoms with Crippen LogP contribution in [0.25, 0.3) is 0 Å². The summed E-state index contributed by atoms with van der Waals surface area (Å²) in [5.41, 5.74) is 0.927. The van der Waals surface area contributed by atoms with E-state index in [9.17, 15) is 19.3 Å². The lowest BCUT2D eigenvalue weighted by molar-refractivity contribution is -0.384. The second-order valence-electron chi connectivity index (χ2n) is 7.42. The van der Waals surface area contributed by atoms with E-state index in [2.05, 4.69) is 10.3 Å². The molecule has 9 nitrogen and oxygen atoms in total. The SMILES string of the molecule is Cn1ccnc1C(NC(=O)c1ccc(N2CCOCC2)c([N+](=O)[O-])c1)c1cccc(F)c1. The number of carbonyl (C=O) groups is 1. The monoisotopic (exact) mass is 439 g/mol. The molecule has 0 saturated carbocycles. The summed E-state index contributed by atoms with van der Waals surface area (Å²) in [4.78, 5) is 30.5. The van der Waals surface area contributed by atoms with Crippen LogP contribution in [-0.2, 0) is 11.8 Å². The fourth-order valence-electron chi connectivity index (χ4n) is 3.74. The number of nitrogens with one attached hydrogen (secondary N) is 1. The Morgan fingerprint density at radius 2 is 2.03 bits per heavy atom. The Bertz CT molecular complexity index is 1140. The van der Waals surface area contributed by atoms with E-state index in [1.807, 2.05) is 4.90 Å². The minimum atomic E-state index is -0.740. The van der Waals surface area contributed by atoms with Crippen LogP contribution >= 0.6 is 0 Å². The van der Waals surface area contributed by atoms with Gasteiger partial charge in [-0.1, -0.05) is 12.1 Å². The summed E-state index contributed by atoms with van der Waals surface area (Å²) in [6, 6.07) is 9.53. The van der Waals surface area contributed by atoms with E-state index in [1.54, 1.807) is 48.3 Å². The second-order valence-corrected chi connectivity index (χ2v) is 7.42. The Morgan fingerprint density at radius 3 is 2.69 bits per heavy atom. The third-order valence-corrected chi connectivity index (χ3v) is 5.36. The molecule has 1 fully saturated rings. The quantitative estimate of drug-likeness (QED) is 0.468. The maximum Gasteiger partial charge on any atom is 0.293 e. The van der Waals surface area contributed by atoms with Crippen molar-refractivity contribution in [1.82, 2.24) is 14.9 Å². The van der Waals surface area contributed by atoms with Crippen LogP contribution in [0.5, 0.6) is 0 Å². The molecule has 1 aliphatic heterocycles. The molecule has 0 radical (unpaired) electrons. The van der Waals surface area contributed by atoms with E-state index in [-0.39, 0.29) is 11.3 Å². The van der Waals surface area contributed by atoms with Crippen molar-refractivity contribution in [1.29, 1.82) is 0 Å². The number of morpholine rings is 1. The smallest absolute Gasteiger partial charge is 0.293 e. The zero-order chi connectivity index (χ0) is 22.7. The van der Waals surface area contributed by atoms with E-state index >= 15 is 0 Å². The van der Waals surface area contributed by atoms with Crippen LogP contribution in [0.15, 0.2) is 54.9 Å². The van der Waals surface area contributed by atoms with Gasteiger partial charge in [-0.15, -0.1) is 0 Å². The Labute approximate surface area is 183 Å². The summed E-state index contributed by atoms with van der Waals surface area (Å²) in [5, 5.41) is 14.6. The summed E-state index contributed by atoms with van der Waals surface area (Å²) >= 11 is 0. The molecule has 1 aliphatic rings. The highest BCUT2D eigenvalue weighted by Crippen LogP contribution is 2.30. The average molecular weight is 439 g/mol. The summed E-state index contributed by atoms with van der Waals surface area (Å²) in [6.45, 7) is 2.04. The summed E-state index contributed by atoms with van der Waals surface area (Å²) in [6.07, 6.45) is 3.30. The molecule has 166 valence electrons. The predicted molar refractivity (Wildman–Crippen MR) is 115 cm³/mol. The summed E-state index contributed by atoms with van der Waals surface area (Å²) in [5.74, 6) is -0.469. The summed E-state index contributed by atoms with van der Waals surface area (Å²) in [7, 11) is 1.77. The van der Waals surface area contributed by atoms with E-state index in [0.29, 0.717) is 43.4 Å². The van der Waals surface area contributed by atoms with E-state index < -0.39 is 22.7 Å². The van der Waals surface area contributed by atoms with Crippen molar-refractivity contribution in [3.63, 3.8) is 0 Å². The Balaban J connectivity index is 1.65. The molecule has 0 bridgehead atoms. The van der Waals surface area contributed by atoms with Crippen LogP contribution in [0.2, 0.25) is 0 Å². The molecular formula is C22H22FN5O4. The van der Waals surface area contributed by atoms with Gasteiger partial charge in [-0.2, -0.15) is 0 Å². The third-order valence-electron chi connectivity index (χ3n) is 5.36. The van der Waals surface area contributed by atoms with Gasteiger partial charge >= 0.3 is 0 Å². The molecule has 1 atom stereocenters. The first-order valence-corrected chi connectivity index (χ1v) is 10.1. The van der Waals surface area contributed by atoms with Crippen molar-refractivity contribution in [3.05, 3.63) is 87.7 Å². The number of nitro benzene ring substituents is 1. The number of anilines is 1. The largest absolute Gasteiger partial charge is 0.378 e. The molecule has 1 N–H and O–H groups in total. The maximum absolute atomic E-state index is 13.9. The highest BCUT2D eigenvalue weighted by molar-refractivity contribution is 5.96. The lowest BCUT2D eigenvalue weighted by Crippen LogP contribution is -2.36. The minimum Gasteiger partial charge on any atom is -0.378 e. The molecule has 1 amide bonds. The Hall–Kier alpha value is -3.79. The van der Waals surface area contributed by atoms with E-state index in [0.717, 1.165) is 0 Å². The zero-order valence-corrected chi connectivity index (χ0v) is 17.4. The first-order valence-electron chi connectivity index (χ1n) is 10.1. The maximum atomic E-state index is 13.9. The average Bonchev–Trinajstić information content (AvgIpc) is 3.23. The molecule has 2 heterocycles. The topological polar surface area (TPSA) is 103 Å². The van der Waals surface area contributed by atoms with Gasteiger partial charge < -0.3 is 19.5 Å². The van der Waals surface area contributed by atoms with Crippen molar-refractivity contribution in [2.75, 3.05) is 31.2 Å². The number of nitro groups is 1. The van der Waals surface area contributed by atoms with Gasteiger partial charge in [-0.3, -0.25) is 14.9 Å². The molecule has 0 aliphatic carbocycles. The van der Waals surface area contributed by atoms with Crippen LogP contribution in [0, 0.1) is 15.9 Å². The van der Waals surface area contributed by atoms with Gasteiger partial charge in [-0.25, -0.2) is 9.37 Å². The molecule has 1 aromatic heterocycles. The number of nitrogens with zero attached hydrogens (tertiary/aromatic N) is 4. The zero-order valence-electron chi connectivity index (χ0n) is 17.4. The number of rotatable bonds is 6. The Morgan fingerprint density at radius 1 is 1.25 bits per heavy atom. The molecule has 1 unspecified atom stereocenters. The number of benzene rings is 2.